The second-order valence-corrected chi connectivity index (χ2v) is 7.01. The molecule has 0 aromatic carbocycles. The maximum Gasteiger partial charge on any atom is -1.00 e. The molecular formula is C19H28ClTi-2. The Hall–Kier alpha value is -0.166. The van der Waals surface area contributed by atoms with E-state index in [1.807, 2.05) is 0 Å². The molecule has 0 aliphatic heterocycles. The van der Waals surface area contributed by atoms with Gasteiger partial charge in [0.2, 0.25) is 0 Å². The van der Waals surface area contributed by atoms with Gasteiger partial charge < -0.3 is 12.4 Å². The van der Waals surface area contributed by atoms with Crippen molar-refractivity contribution in [1.82, 2.24) is 0 Å². The van der Waals surface area contributed by atoms with Gasteiger partial charge in [0.1, 0.15) is 0 Å². The maximum absolute atomic E-state index is 3.28. The number of halogens is 1. The molecule has 2 rings (SSSR count). The van der Waals surface area contributed by atoms with Crippen LogP contribution in [0.2, 0.25) is 0 Å². The van der Waals surface area contributed by atoms with Crippen LogP contribution in [0.4, 0.5) is 0 Å². The van der Waals surface area contributed by atoms with Crippen LogP contribution in [0.15, 0.2) is 34.4 Å². The van der Waals surface area contributed by atoms with Crippen molar-refractivity contribution in [2.75, 3.05) is 0 Å². The quantitative estimate of drug-likeness (QED) is 0.536. The minimum atomic E-state index is 0. The first-order chi connectivity index (χ1) is 9.38. The second kappa shape index (κ2) is 13.5. The van der Waals surface area contributed by atoms with E-state index in [2.05, 4.69) is 85.8 Å². The molecule has 117 valence electrons. The van der Waals surface area contributed by atoms with Crippen LogP contribution in [0.5, 0.6) is 0 Å². The molecule has 0 saturated heterocycles. The van der Waals surface area contributed by atoms with Gasteiger partial charge in [0, 0.05) is 0 Å². The molecule has 0 radical (unpaired) electrons. The zero-order valence-corrected chi connectivity index (χ0v) is 16.7. The summed E-state index contributed by atoms with van der Waals surface area (Å²) < 4.78 is 1.42. The fourth-order valence-electron chi connectivity index (χ4n) is 1.76. The summed E-state index contributed by atoms with van der Waals surface area (Å²) in [7, 11) is 0. The smallest absolute Gasteiger partial charge is 1.00 e. The Balaban J connectivity index is 0. The Kier molecular flexibility index (Phi) is 14.8. The van der Waals surface area contributed by atoms with Crippen LogP contribution >= 0.6 is 0 Å². The number of allylic oxidation sites excluding steroid dienone is 8. The van der Waals surface area contributed by atoms with Crippen LogP contribution < -0.4 is 12.4 Å². The van der Waals surface area contributed by atoms with Gasteiger partial charge in [-0.2, -0.15) is 11.1 Å². The van der Waals surface area contributed by atoms with Gasteiger partial charge in [-0.25, -0.2) is 23.3 Å². The maximum atomic E-state index is 3.28. The van der Waals surface area contributed by atoms with Gasteiger partial charge in [-0.3, -0.25) is 12.2 Å². The van der Waals surface area contributed by atoms with Crippen LogP contribution in [0.25, 0.3) is 0 Å². The van der Waals surface area contributed by atoms with E-state index in [1.165, 1.54) is 26.1 Å². The third-order valence-corrected chi connectivity index (χ3v) is 2.79. The van der Waals surface area contributed by atoms with Gasteiger partial charge in [0.25, 0.3) is 0 Å². The first-order valence-corrected chi connectivity index (χ1v) is 8.22. The summed E-state index contributed by atoms with van der Waals surface area (Å²) in [6, 6.07) is 0. The Bertz CT molecular complexity index is 396. The Morgan fingerprint density at radius 2 is 1.24 bits per heavy atom. The van der Waals surface area contributed by atoms with E-state index in [-0.39, 0.29) is 12.4 Å². The van der Waals surface area contributed by atoms with Crippen LogP contribution in [-0.2, 0) is 20.0 Å². The van der Waals surface area contributed by atoms with Crippen molar-refractivity contribution in [3.8, 4) is 0 Å². The minimum Gasteiger partial charge on any atom is -1.00 e. The molecule has 0 spiro atoms. The second-order valence-electron chi connectivity index (χ2n) is 5.45. The van der Waals surface area contributed by atoms with Crippen molar-refractivity contribution in [1.29, 1.82) is 0 Å². The van der Waals surface area contributed by atoms with Gasteiger partial charge in [-0.15, -0.1) is 12.8 Å². The topological polar surface area (TPSA) is 0 Å². The summed E-state index contributed by atoms with van der Waals surface area (Å²) in [5.74, 6) is 0. The van der Waals surface area contributed by atoms with Gasteiger partial charge >= 0.3 is 37.6 Å². The summed E-state index contributed by atoms with van der Waals surface area (Å²) in [6.45, 7) is 12.8. The molecule has 0 atom stereocenters. The van der Waals surface area contributed by atoms with Gasteiger partial charge in [0.15, 0.2) is 0 Å². The van der Waals surface area contributed by atoms with Crippen molar-refractivity contribution in [2.45, 2.75) is 67.2 Å². The molecule has 2 heteroatoms. The zero-order valence-electron chi connectivity index (χ0n) is 14.4. The fourth-order valence-corrected chi connectivity index (χ4v) is 1.76. The third-order valence-electron chi connectivity index (χ3n) is 2.79. The molecule has 0 aromatic heterocycles. The van der Waals surface area contributed by atoms with E-state index >= 15 is 0 Å². The number of rotatable bonds is 2. The Labute approximate surface area is 149 Å². The molecule has 0 fully saturated rings. The molecule has 2 aliphatic carbocycles. The van der Waals surface area contributed by atoms with Crippen molar-refractivity contribution in [3.63, 3.8) is 0 Å². The van der Waals surface area contributed by atoms with Gasteiger partial charge in [0.05, 0.1) is 0 Å². The zero-order chi connectivity index (χ0) is 15.5. The Morgan fingerprint density at radius 1 is 0.952 bits per heavy atom. The van der Waals surface area contributed by atoms with E-state index in [0.29, 0.717) is 0 Å². The number of hydrogen-bond acceptors (Lipinski definition) is 0. The van der Waals surface area contributed by atoms with E-state index in [0.717, 1.165) is 25.7 Å². The molecule has 21 heavy (non-hydrogen) atoms. The Morgan fingerprint density at radius 3 is 1.33 bits per heavy atom. The van der Waals surface area contributed by atoms with Crippen LogP contribution in [0.1, 0.15) is 67.2 Å². The molecule has 0 unspecified atom stereocenters. The predicted octanol–water partition coefficient (Wildman–Crippen LogP) is 2.70. The SMILES string of the molecule is CCC1=[C-]CC(C)=C1.CCC1=[C-]CC(C)=C1.C[C](C)=[Ti+].[Cl-]. The van der Waals surface area contributed by atoms with Crippen LogP contribution in [0, 0.1) is 12.2 Å². The number of hydrogen-bond donors (Lipinski definition) is 0. The summed E-state index contributed by atoms with van der Waals surface area (Å²) in [6.07, 6.45) is 15.4. The normalized spacial score (nSPS) is 15.2. The van der Waals surface area contributed by atoms with Gasteiger partial charge in [-0.05, 0) is 0 Å². The molecule has 2 aliphatic rings. The standard InChI is InChI=1S/2C8H11.C3H6.ClH.Ti/c2*1-3-8-5-4-7(2)6-8;1-3-2;;/h2*6H,3-4H2,1-2H3;1-2H3;1H;/q2*-1;;;+1/p-1. The largest absolute Gasteiger partial charge is 1.00 e. The molecule has 0 nitrogen and oxygen atoms in total. The average Bonchev–Trinajstić information content (AvgIpc) is 2.97. The molecule has 0 bridgehead atoms. The first-order valence-electron chi connectivity index (χ1n) is 7.44. The average molecular weight is 340 g/mol. The van der Waals surface area contributed by atoms with E-state index in [9.17, 15) is 0 Å². The van der Waals surface area contributed by atoms with E-state index in [1.54, 1.807) is 0 Å². The van der Waals surface area contributed by atoms with Crippen LogP contribution in [-0.4, -0.2) is 3.81 Å². The molecule has 0 aromatic rings. The van der Waals surface area contributed by atoms with Crippen molar-refractivity contribution >= 4 is 3.81 Å². The summed E-state index contributed by atoms with van der Waals surface area (Å²) in [4.78, 5) is 0. The predicted molar refractivity (Wildman–Crippen MR) is 87.2 cm³/mol. The minimum absolute atomic E-state index is 0. The molecule has 0 saturated carbocycles. The van der Waals surface area contributed by atoms with Crippen molar-refractivity contribution in [2.24, 2.45) is 0 Å². The summed E-state index contributed by atoms with van der Waals surface area (Å²) in [5, 5.41) is 0. The third kappa shape index (κ3) is 13.2. The molecule has 0 heterocycles. The van der Waals surface area contributed by atoms with E-state index in [4.69, 9.17) is 0 Å². The van der Waals surface area contributed by atoms with Crippen LogP contribution in [0.3, 0.4) is 0 Å². The van der Waals surface area contributed by atoms with Crippen molar-refractivity contribution < 1.29 is 32.4 Å². The fraction of sp³-hybridized carbons (Fsp3) is 0.526. The summed E-state index contributed by atoms with van der Waals surface area (Å²) >= 11 is 2.08. The molecule has 0 amide bonds. The van der Waals surface area contributed by atoms with Gasteiger partial charge in [-0.1, -0.05) is 40.5 Å². The van der Waals surface area contributed by atoms with Crippen molar-refractivity contribution in [3.05, 3.63) is 46.6 Å². The summed E-state index contributed by atoms with van der Waals surface area (Å²) in [5.41, 5.74) is 5.65. The molecule has 0 N–H and O–H groups in total. The monoisotopic (exact) mass is 339 g/mol. The first kappa shape index (κ1) is 23.1. The van der Waals surface area contributed by atoms with E-state index < -0.39 is 0 Å². The molecular weight excluding hydrogens is 312 g/mol.